The summed E-state index contributed by atoms with van der Waals surface area (Å²) in [6.07, 6.45) is 3.89. The van der Waals surface area contributed by atoms with Gasteiger partial charge < -0.3 is 5.73 Å². The van der Waals surface area contributed by atoms with E-state index in [1.807, 2.05) is 18.2 Å². The van der Waals surface area contributed by atoms with Gasteiger partial charge in [0.05, 0.1) is 12.9 Å². The maximum atomic E-state index is 13.3. The van der Waals surface area contributed by atoms with Crippen molar-refractivity contribution in [3.8, 4) is 11.1 Å². The smallest absolute Gasteiger partial charge is 0.150 e. The predicted octanol–water partition coefficient (Wildman–Crippen LogP) is 4.97. The van der Waals surface area contributed by atoms with Crippen LogP contribution in [0.5, 0.6) is 0 Å². The van der Waals surface area contributed by atoms with Crippen molar-refractivity contribution in [2.75, 3.05) is 6.54 Å². The molecule has 2 N–H and O–H groups in total. The van der Waals surface area contributed by atoms with E-state index >= 15 is 0 Å². The van der Waals surface area contributed by atoms with Crippen LogP contribution in [-0.2, 0) is 0 Å². The third-order valence-corrected chi connectivity index (χ3v) is 4.28. The van der Waals surface area contributed by atoms with Crippen molar-refractivity contribution in [3.63, 3.8) is 0 Å². The number of nitrogens with two attached hydrogens (primary N) is 1. The van der Waals surface area contributed by atoms with E-state index in [4.69, 9.17) is 5.73 Å². The van der Waals surface area contributed by atoms with Crippen molar-refractivity contribution in [2.24, 2.45) is 10.7 Å². The molecule has 0 aliphatic carbocycles. The lowest BCUT2D eigenvalue weighted by molar-refractivity contribution is 0.112. The fourth-order valence-electron chi connectivity index (χ4n) is 2.88. The molecule has 0 amide bonds. The summed E-state index contributed by atoms with van der Waals surface area (Å²) < 4.78 is 26.5. The van der Waals surface area contributed by atoms with E-state index in [1.54, 1.807) is 30.3 Å². The molecule has 28 heavy (non-hydrogen) atoms. The summed E-state index contributed by atoms with van der Waals surface area (Å²) in [5, 5.41) is 0. The fourth-order valence-corrected chi connectivity index (χ4v) is 2.88. The second-order valence-corrected chi connectivity index (χ2v) is 6.14. The van der Waals surface area contributed by atoms with E-state index < -0.39 is 0 Å². The van der Waals surface area contributed by atoms with Gasteiger partial charge in [0.2, 0.25) is 0 Å². The second kappa shape index (κ2) is 8.86. The van der Waals surface area contributed by atoms with Gasteiger partial charge in [-0.3, -0.25) is 9.79 Å². The van der Waals surface area contributed by atoms with Gasteiger partial charge in [0.1, 0.15) is 11.6 Å². The molecule has 0 saturated heterocycles. The first-order valence-corrected chi connectivity index (χ1v) is 8.62. The van der Waals surface area contributed by atoms with E-state index in [-0.39, 0.29) is 11.6 Å². The molecule has 0 aliphatic heterocycles. The van der Waals surface area contributed by atoms with Gasteiger partial charge in [-0.15, -0.1) is 0 Å². The van der Waals surface area contributed by atoms with Crippen LogP contribution in [0, 0.1) is 11.6 Å². The zero-order chi connectivity index (χ0) is 19.9. The molecule has 0 aliphatic rings. The molecule has 0 heterocycles. The van der Waals surface area contributed by atoms with Crippen LogP contribution in [0.3, 0.4) is 0 Å². The molecule has 0 bridgehead atoms. The first-order chi connectivity index (χ1) is 13.6. The summed E-state index contributed by atoms with van der Waals surface area (Å²) in [6.45, 7) is 0.323. The Balaban J connectivity index is 2.07. The highest BCUT2D eigenvalue weighted by Gasteiger charge is 2.08. The van der Waals surface area contributed by atoms with Gasteiger partial charge in [-0.1, -0.05) is 36.4 Å². The standard InChI is InChI=1S/C23H18F2N2O/c24-21-7-3-17(4-8-21)20(13-27-15-26)11-16-1-2-19(14-28)23(12-16)18-5-9-22(25)10-6-18/h1-12,14-15H,13H2,(H2,26,27)/b20-11-. The molecule has 0 radical (unpaired) electrons. The first-order valence-electron chi connectivity index (χ1n) is 8.62. The molecule has 0 aromatic heterocycles. The maximum absolute atomic E-state index is 13.3. The fraction of sp³-hybridized carbons (Fsp3) is 0.0435. The van der Waals surface area contributed by atoms with E-state index in [1.165, 1.54) is 30.6 Å². The molecule has 3 aromatic carbocycles. The molecule has 3 aromatic rings. The number of nitrogens with zero attached hydrogens (tertiary/aromatic N) is 1. The Morgan fingerprint density at radius 1 is 0.929 bits per heavy atom. The normalized spacial score (nSPS) is 11.7. The highest BCUT2D eigenvalue weighted by molar-refractivity contribution is 5.90. The number of benzene rings is 3. The zero-order valence-corrected chi connectivity index (χ0v) is 15.0. The second-order valence-electron chi connectivity index (χ2n) is 6.14. The summed E-state index contributed by atoms with van der Waals surface area (Å²) >= 11 is 0. The number of aldehydes is 1. The quantitative estimate of drug-likeness (QED) is 0.286. The van der Waals surface area contributed by atoms with Gasteiger partial charge in [0.15, 0.2) is 6.29 Å². The number of hydrogen-bond donors (Lipinski definition) is 1. The minimum absolute atomic E-state index is 0.320. The molecular formula is C23H18F2N2O. The van der Waals surface area contributed by atoms with Crippen molar-refractivity contribution >= 4 is 24.3 Å². The van der Waals surface area contributed by atoms with E-state index in [9.17, 15) is 13.6 Å². The number of carbonyl (C=O) groups is 1. The molecule has 0 saturated carbocycles. The van der Waals surface area contributed by atoms with Crippen molar-refractivity contribution < 1.29 is 13.6 Å². The van der Waals surface area contributed by atoms with Crippen molar-refractivity contribution in [1.82, 2.24) is 0 Å². The Kier molecular flexibility index (Phi) is 6.07. The lowest BCUT2D eigenvalue weighted by Crippen LogP contribution is -1.95. The zero-order valence-electron chi connectivity index (χ0n) is 15.0. The van der Waals surface area contributed by atoms with Gasteiger partial charge in [-0.25, -0.2) is 8.78 Å². The highest BCUT2D eigenvalue weighted by Crippen LogP contribution is 2.27. The van der Waals surface area contributed by atoms with Crippen LogP contribution in [0.2, 0.25) is 0 Å². The molecular weight excluding hydrogens is 358 g/mol. The van der Waals surface area contributed by atoms with Crippen LogP contribution in [-0.4, -0.2) is 19.2 Å². The average Bonchev–Trinajstić information content (AvgIpc) is 2.72. The molecule has 140 valence electrons. The summed E-state index contributed by atoms with van der Waals surface area (Å²) in [5.74, 6) is -0.662. The van der Waals surface area contributed by atoms with Crippen LogP contribution in [0.15, 0.2) is 71.7 Å². The summed E-state index contributed by atoms with van der Waals surface area (Å²) in [6, 6.07) is 17.5. The monoisotopic (exact) mass is 376 g/mol. The topological polar surface area (TPSA) is 55.4 Å². The van der Waals surface area contributed by atoms with Crippen molar-refractivity contribution in [1.29, 1.82) is 0 Å². The summed E-state index contributed by atoms with van der Waals surface area (Å²) in [7, 11) is 0. The number of hydrogen-bond acceptors (Lipinski definition) is 2. The predicted molar refractivity (Wildman–Crippen MR) is 109 cm³/mol. The van der Waals surface area contributed by atoms with Crippen LogP contribution in [0.25, 0.3) is 22.8 Å². The number of rotatable bonds is 6. The summed E-state index contributed by atoms with van der Waals surface area (Å²) in [5.41, 5.74) is 9.80. The van der Waals surface area contributed by atoms with Gasteiger partial charge in [-0.05, 0) is 64.2 Å². The highest BCUT2D eigenvalue weighted by atomic mass is 19.1. The number of halogens is 2. The Labute approximate surface area is 161 Å². The Morgan fingerprint density at radius 3 is 2.18 bits per heavy atom. The van der Waals surface area contributed by atoms with Crippen molar-refractivity contribution in [2.45, 2.75) is 0 Å². The lowest BCUT2D eigenvalue weighted by atomic mass is 9.96. The number of aliphatic imine (C=N–C) groups is 1. The molecule has 0 spiro atoms. The van der Waals surface area contributed by atoms with Gasteiger partial charge in [0.25, 0.3) is 0 Å². The van der Waals surface area contributed by atoms with Crippen LogP contribution < -0.4 is 5.73 Å². The third kappa shape index (κ3) is 4.57. The van der Waals surface area contributed by atoms with Crippen LogP contribution in [0.4, 0.5) is 8.78 Å². The molecule has 3 rings (SSSR count). The number of carbonyl (C=O) groups excluding carboxylic acids is 1. The Morgan fingerprint density at radius 2 is 1.57 bits per heavy atom. The Bertz CT molecular complexity index is 1020. The van der Waals surface area contributed by atoms with Gasteiger partial charge in [0, 0.05) is 5.56 Å². The maximum Gasteiger partial charge on any atom is 0.150 e. The molecule has 0 atom stereocenters. The van der Waals surface area contributed by atoms with Gasteiger partial charge in [-0.2, -0.15) is 0 Å². The van der Waals surface area contributed by atoms with E-state index in [0.717, 1.165) is 28.5 Å². The lowest BCUT2D eigenvalue weighted by Gasteiger charge is -2.09. The van der Waals surface area contributed by atoms with E-state index in [2.05, 4.69) is 4.99 Å². The summed E-state index contributed by atoms with van der Waals surface area (Å²) in [4.78, 5) is 15.5. The van der Waals surface area contributed by atoms with Crippen LogP contribution >= 0.6 is 0 Å². The largest absolute Gasteiger partial charge is 0.390 e. The molecule has 5 heteroatoms. The molecule has 0 fully saturated rings. The minimum Gasteiger partial charge on any atom is -0.390 e. The van der Waals surface area contributed by atoms with Gasteiger partial charge >= 0.3 is 0 Å². The minimum atomic E-state index is -0.342. The first kappa shape index (κ1) is 19.2. The molecule has 0 unspecified atom stereocenters. The van der Waals surface area contributed by atoms with E-state index in [0.29, 0.717) is 17.7 Å². The SMILES string of the molecule is NC=NC/C(=C/c1ccc(C=O)c(-c2ccc(F)cc2)c1)c1ccc(F)cc1. The average molecular weight is 376 g/mol. The Hall–Kier alpha value is -3.60. The van der Waals surface area contributed by atoms with Crippen molar-refractivity contribution in [3.05, 3.63) is 95.1 Å². The molecule has 3 nitrogen and oxygen atoms in total. The van der Waals surface area contributed by atoms with Crippen LogP contribution in [0.1, 0.15) is 21.5 Å². The third-order valence-electron chi connectivity index (χ3n) is 4.28.